The highest BCUT2D eigenvalue weighted by atomic mass is 35.5. The van der Waals surface area contributed by atoms with Crippen LogP contribution in [0.4, 0.5) is 20.6 Å². The molecule has 0 saturated heterocycles. The second-order valence-electron chi connectivity index (χ2n) is 4.77. The molecule has 0 fully saturated rings. The van der Waals surface area contributed by atoms with Gasteiger partial charge in [0.1, 0.15) is 5.82 Å². The van der Waals surface area contributed by atoms with Gasteiger partial charge in [0.25, 0.3) is 0 Å². The summed E-state index contributed by atoms with van der Waals surface area (Å²) in [6, 6.07) is 15.2. The molecule has 0 unspecified atom stereocenters. The van der Waals surface area contributed by atoms with Crippen LogP contribution in [0.5, 0.6) is 0 Å². The first-order chi connectivity index (χ1) is 11.1. The SMILES string of the molecule is O=C(Nc1cccc(-c2cccs2)c1)Nc1ccc(Cl)c(F)c1. The number of rotatable bonds is 3. The molecule has 23 heavy (non-hydrogen) atoms. The lowest BCUT2D eigenvalue weighted by molar-refractivity contribution is 0.262. The normalized spacial score (nSPS) is 10.3. The molecule has 0 spiro atoms. The average molecular weight is 347 g/mol. The van der Waals surface area contributed by atoms with Crippen molar-refractivity contribution in [3.05, 3.63) is 70.8 Å². The molecule has 0 radical (unpaired) electrons. The smallest absolute Gasteiger partial charge is 0.308 e. The molecule has 0 saturated carbocycles. The van der Waals surface area contributed by atoms with E-state index in [1.807, 2.05) is 35.7 Å². The summed E-state index contributed by atoms with van der Waals surface area (Å²) < 4.78 is 13.4. The second-order valence-corrected chi connectivity index (χ2v) is 6.12. The van der Waals surface area contributed by atoms with E-state index in [1.165, 1.54) is 18.2 Å². The minimum atomic E-state index is -0.579. The van der Waals surface area contributed by atoms with E-state index in [0.717, 1.165) is 10.4 Å². The molecule has 1 aromatic heterocycles. The Morgan fingerprint density at radius 2 is 1.78 bits per heavy atom. The number of nitrogens with one attached hydrogen (secondary N) is 2. The van der Waals surface area contributed by atoms with E-state index in [9.17, 15) is 9.18 Å². The zero-order valence-electron chi connectivity index (χ0n) is 11.8. The van der Waals surface area contributed by atoms with Crippen LogP contribution in [-0.4, -0.2) is 6.03 Å². The van der Waals surface area contributed by atoms with Crippen molar-refractivity contribution < 1.29 is 9.18 Å². The summed E-state index contributed by atoms with van der Waals surface area (Å²) in [4.78, 5) is 13.1. The van der Waals surface area contributed by atoms with E-state index >= 15 is 0 Å². The Morgan fingerprint density at radius 1 is 1.00 bits per heavy atom. The monoisotopic (exact) mass is 346 g/mol. The summed E-state index contributed by atoms with van der Waals surface area (Å²) in [6.07, 6.45) is 0. The van der Waals surface area contributed by atoms with Crippen molar-refractivity contribution in [2.75, 3.05) is 10.6 Å². The van der Waals surface area contributed by atoms with Crippen LogP contribution in [0.1, 0.15) is 0 Å². The number of urea groups is 1. The van der Waals surface area contributed by atoms with Gasteiger partial charge < -0.3 is 10.6 Å². The predicted molar refractivity (Wildman–Crippen MR) is 93.8 cm³/mol. The standard InChI is InChI=1S/C17H12ClFN2OS/c18-14-7-6-13(10-15(14)19)21-17(22)20-12-4-1-3-11(9-12)16-5-2-8-23-16/h1-10H,(H2,20,21,22). The highest BCUT2D eigenvalue weighted by Gasteiger charge is 2.07. The van der Waals surface area contributed by atoms with Crippen molar-refractivity contribution in [1.29, 1.82) is 0 Å². The van der Waals surface area contributed by atoms with E-state index in [0.29, 0.717) is 11.4 Å². The molecule has 2 aromatic carbocycles. The maximum Gasteiger partial charge on any atom is 0.323 e. The minimum Gasteiger partial charge on any atom is -0.308 e. The number of benzene rings is 2. The number of hydrogen-bond donors (Lipinski definition) is 2. The summed E-state index contributed by atoms with van der Waals surface area (Å²) in [6.45, 7) is 0. The van der Waals surface area contributed by atoms with Gasteiger partial charge in [0.05, 0.1) is 5.02 Å². The van der Waals surface area contributed by atoms with Crippen LogP contribution in [0.2, 0.25) is 5.02 Å². The second kappa shape index (κ2) is 6.81. The molecule has 3 aromatic rings. The molecule has 2 amide bonds. The molecule has 1 heterocycles. The summed E-state index contributed by atoms with van der Waals surface area (Å²) >= 11 is 7.24. The number of hydrogen-bond acceptors (Lipinski definition) is 2. The van der Waals surface area contributed by atoms with Crippen LogP contribution in [0.25, 0.3) is 10.4 Å². The molecule has 0 aliphatic heterocycles. The lowest BCUT2D eigenvalue weighted by Crippen LogP contribution is -2.19. The zero-order valence-corrected chi connectivity index (χ0v) is 13.4. The van der Waals surface area contributed by atoms with E-state index < -0.39 is 11.8 Å². The van der Waals surface area contributed by atoms with E-state index in [1.54, 1.807) is 17.4 Å². The predicted octanol–water partition coefficient (Wildman–Crippen LogP) is 5.85. The number of halogens is 2. The first-order valence-corrected chi connectivity index (χ1v) is 8.04. The van der Waals surface area contributed by atoms with Gasteiger partial charge in [-0.15, -0.1) is 11.3 Å². The van der Waals surface area contributed by atoms with Crippen molar-refractivity contribution in [2.45, 2.75) is 0 Å². The molecule has 0 atom stereocenters. The molecule has 0 bridgehead atoms. The molecule has 0 aliphatic carbocycles. The largest absolute Gasteiger partial charge is 0.323 e. The summed E-state index contributed by atoms with van der Waals surface area (Å²) in [7, 11) is 0. The highest BCUT2D eigenvalue weighted by molar-refractivity contribution is 7.13. The van der Waals surface area contributed by atoms with Gasteiger partial charge in [-0.25, -0.2) is 9.18 Å². The van der Waals surface area contributed by atoms with E-state index in [2.05, 4.69) is 10.6 Å². The van der Waals surface area contributed by atoms with Crippen molar-refractivity contribution in [1.82, 2.24) is 0 Å². The first kappa shape index (κ1) is 15.5. The van der Waals surface area contributed by atoms with Gasteiger partial charge in [-0.2, -0.15) is 0 Å². The van der Waals surface area contributed by atoms with Gasteiger partial charge in [0.15, 0.2) is 0 Å². The summed E-state index contributed by atoms with van der Waals surface area (Å²) in [5.41, 5.74) is 2.01. The summed E-state index contributed by atoms with van der Waals surface area (Å²) in [5.74, 6) is -0.579. The van der Waals surface area contributed by atoms with Crippen LogP contribution in [0, 0.1) is 5.82 Å². The lowest BCUT2D eigenvalue weighted by Gasteiger charge is -2.09. The fourth-order valence-electron chi connectivity index (χ4n) is 2.06. The van der Waals surface area contributed by atoms with Gasteiger partial charge in [0.2, 0.25) is 0 Å². The molecular formula is C17H12ClFN2OS. The highest BCUT2D eigenvalue weighted by Crippen LogP contribution is 2.27. The van der Waals surface area contributed by atoms with E-state index in [4.69, 9.17) is 11.6 Å². The Bertz CT molecular complexity index is 836. The molecule has 6 heteroatoms. The van der Waals surface area contributed by atoms with Gasteiger partial charge in [-0.3, -0.25) is 0 Å². The first-order valence-electron chi connectivity index (χ1n) is 6.79. The molecule has 0 aliphatic rings. The average Bonchev–Trinajstić information content (AvgIpc) is 3.05. The third-order valence-electron chi connectivity index (χ3n) is 3.10. The molecule has 3 nitrogen and oxygen atoms in total. The number of anilines is 2. The van der Waals surface area contributed by atoms with Crippen LogP contribution >= 0.6 is 22.9 Å². The number of amides is 2. The third kappa shape index (κ3) is 3.88. The fourth-order valence-corrected chi connectivity index (χ4v) is 2.90. The van der Waals surface area contributed by atoms with Crippen molar-refractivity contribution in [2.24, 2.45) is 0 Å². The Morgan fingerprint density at radius 3 is 2.48 bits per heavy atom. The molecule has 116 valence electrons. The Hall–Kier alpha value is -2.37. The van der Waals surface area contributed by atoms with Gasteiger partial charge >= 0.3 is 6.03 Å². The van der Waals surface area contributed by atoms with E-state index in [-0.39, 0.29) is 5.02 Å². The van der Waals surface area contributed by atoms with Crippen LogP contribution in [0.15, 0.2) is 60.0 Å². The van der Waals surface area contributed by atoms with Gasteiger partial charge in [-0.1, -0.05) is 29.8 Å². The number of thiophene rings is 1. The van der Waals surface area contributed by atoms with Crippen LogP contribution in [-0.2, 0) is 0 Å². The molecule has 3 rings (SSSR count). The Balaban J connectivity index is 1.70. The zero-order chi connectivity index (χ0) is 16.2. The topological polar surface area (TPSA) is 41.1 Å². The van der Waals surface area contributed by atoms with Crippen LogP contribution < -0.4 is 10.6 Å². The third-order valence-corrected chi connectivity index (χ3v) is 4.33. The maximum atomic E-state index is 13.4. The van der Waals surface area contributed by atoms with Crippen molar-refractivity contribution in [3.63, 3.8) is 0 Å². The molecular weight excluding hydrogens is 335 g/mol. The summed E-state index contributed by atoms with van der Waals surface area (Å²) in [5, 5.41) is 7.30. The van der Waals surface area contributed by atoms with Crippen molar-refractivity contribution >= 4 is 40.3 Å². The Kier molecular flexibility index (Phi) is 4.60. The quantitative estimate of drug-likeness (QED) is 0.613. The number of carbonyl (C=O) groups is 1. The van der Waals surface area contributed by atoms with Gasteiger partial charge in [0, 0.05) is 16.3 Å². The maximum absolute atomic E-state index is 13.4. The fraction of sp³-hybridized carbons (Fsp3) is 0. The molecule has 2 N–H and O–H groups in total. The lowest BCUT2D eigenvalue weighted by atomic mass is 10.1. The van der Waals surface area contributed by atoms with Crippen LogP contribution in [0.3, 0.4) is 0 Å². The number of carbonyl (C=O) groups excluding carboxylic acids is 1. The minimum absolute atomic E-state index is 0.0135. The van der Waals surface area contributed by atoms with Crippen molar-refractivity contribution in [3.8, 4) is 10.4 Å². The van der Waals surface area contributed by atoms with Gasteiger partial charge in [-0.05, 0) is 47.3 Å². The Labute approximate surface area is 141 Å².